The van der Waals surface area contributed by atoms with Crippen LogP contribution in [0.3, 0.4) is 0 Å². The zero-order chi connectivity index (χ0) is 20.3. The number of carbonyl (C=O) groups is 4. The summed E-state index contributed by atoms with van der Waals surface area (Å²) in [6.45, 7) is 1.66. The predicted molar refractivity (Wildman–Crippen MR) is 103 cm³/mol. The molecule has 2 aromatic rings. The summed E-state index contributed by atoms with van der Waals surface area (Å²) in [6, 6.07) is 13.3. The van der Waals surface area contributed by atoms with E-state index >= 15 is 0 Å². The third-order valence-corrected chi connectivity index (χ3v) is 4.65. The summed E-state index contributed by atoms with van der Waals surface area (Å²) in [4.78, 5) is 50.0. The average molecular weight is 380 g/mol. The highest BCUT2D eigenvalue weighted by molar-refractivity contribution is 6.06. The van der Waals surface area contributed by atoms with Gasteiger partial charge in [0.15, 0.2) is 5.78 Å². The molecule has 0 aromatic heterocycles. The van der Waals surface area contributed by atoms with Crippen molar-refractivity contribution in [2.45, 2.75) is 13.3 Å². The Balaban J connectivity index is 1.75. The lowest BCUT2D eigenvalue weighted by Crippen LogP contribution is -2.28. The van der Waals surface area contributed by atoms with Crippen molar-refractivity contribution in [1.82, 2.24) is 0 Å². The first kappa shape index (κ1) is 19.3. The fraction of sp³-hybridized carbons (Fsp3) is 0.238. The lowest BCUT2D eigenvalue weighted by Gasteiger charge is -2.17. The van der Waals surface area contributed by atoms with Crippen molar-refractivity contribution < 1.29 is 23.9 Å². The molecule has 1 N–H and O–H groups in total. The van der Waals surface area contributed by atoms with Crippen LogP contribution >= 0.6 is 0 Å². The van der Waals surface area contributed by atoms with E-state index in [4.69, 9.17) is 4.74 Å². The summed E-state index contributed by atoms with van der Waals surface area (Å²) in [5, 5.41) is 2.72. The topological polar surface area (TPSA) is 92.8 Å². The molecule has 7 heteroatoms. The molecule has 1 unspecified atom stereocenters. The van der Waals surface area contributed by atoms with Gasteiger partial charge in [0.2, 0.25) is 11.8 Å². The van der Waals surface area contributed by atoms with Gasteiger partial charge in [-0.1, -0.05) is 24.3 Å². The van der Waals surface area contributed by atoms with Crippen molar-refractivity contribution in [2.24, 2.45) is 5.92 Å². The maximum absolute atomic E-state index is 12.7. The number of benzene rings is 2. The number of para-hydroxylation sites is 1. The van der Waals surface area contributed by atoms with Crippen LogP contribution in [0.15, 0.2) is 48.5 Å². The van der Waals surface area contributed by atoms with Gasteiger partial charge in [-0.15, -0.1) is 0 Å². The number of amides is 2. The first-order chi connectivity index (χ1) is 13.4. The van der Waals surface area contributed by atoms with Gasteiger partial charge in [-0.25, -0.2) is 4.79 Å². The summed E-state index contributed by atoms with van der Waals surface area (Å²) >= 11 is 0. The van der Waals surface area contributed by atoms with E-state index in [1.54, 1.807) is 48.5 Å². The Labute approximate surface area is 162 Å². The SMILES string of the molecule is COC(=O)c1ccccc1NC(=O)C1CC(=O)N(c2cccc(C(C)=O)c2)C1. The predicted octanol–water partition coefficient (Wildman–Crippen LogP) is 2.67. The second kappa shape index (κ2) is 8.04. The van der Waals surface area contributed by atoms with Gasteiger partial charge in [0.1, 0.15) is 0 Å². The van der Waals surface area contributed by atoms with Gasteiger partial charge >= 0.3 is 5.97 Å². The number of anilines is 2. The van der Waals surface area contributed by atoms with Gasteiger partial charge in [-0.3, -0.25) is 14.4 Å². The van der Waals surface area contributed by atoms with Crippen molar-refractivity contribution >= 4 is 34.9 Å². The monoisotopic (exact) mass is 380 g/mol. The number of Topliss-reactive ketones (excluding diaryl/α,β-unsaturated/α-hetero) is 1. The molecule has 2 amide bonds. The van der Waals surface area contributed by atoms with Crippen LogP contribution in [0.25, 0.3) is 0 Å². The highest BCUT2D eigenvalue weighted by Gasteiger charge is 2.35. The maximum atomic E-state index is 12.7. The zero-order valence-corrected chi connectivity index (χ0v) is 15.6. The Bertz CT molecular complexity index is 953. The summed E-state index contributed by atoms with van der Waals surface area (Å²) in [6.07, 6.45) is 0.0521. The highest BCUT2D eigenvalue weighted by Crippen LogP contribution is 2.27. The van der Waals surface area contributed by atoms with Crippen LogP contribution in [-0.4, -0.2) is 37.2 Å². The van der Waals surface area contributed by atoms with E-state index in [2.05, 4.69) is 5.32 Å². The molecule has 28 heavy (non-hydrogen) atoms. The Kier molecular flexibility index (Phi) is 5.54. The average Bonchev–Trinajstić information content (AvgIpc) is 3.09. The molecule has 0 aliphatic carbocycles. The number of hydrogen-bond acceptors (Lipinski definition) is 5. The Morgan fingerprint density at radius 2 is 1.86 bits per heavy atom. The minimum atomic E-state index is -0.570. The van der Waals surface area contributed by atoms with Crippen molar-refractivity contribution in [3.63, 3.8) is 0 Å². The van der Waals surface area contributed by atoms with Crippen LogP contribution in [0.2, 0.25) is 0 Å². The number of esters is 1. The largest absolute Gasteiger partial charge is 0.465 e. The van der Waals surface area contributed by atoms with Gasteiger partial charge in [0, 0.05) is 24.2 Å². The third-order valence-electron chi connectivity index (χ3n) is 4.65. The van der Waals surface area contributed by atoms with Crippen LogP contribution in [0.4, 0.5) is 11.4 Å². The van der Waals surface area contributed by atoms with E-state index in [-0.39, 0.29) is 36.1 Å². The van der Waals surface area contributed by atoms with E-state index in [1.807, 2.05) is 0 Å². The lowest BCUT2D eigenvalue weighted by molar-refractivity contribution is -0.122. The fourth-order valence-corrected chi connectivity index (χ4v) is 3.14. The molecule has 1 atom stereocenters. The number of hydrogen-bond donors (Lipinski definition) is 1. The van der Waals surface area contributed by atoms with Gasteiger partial charge in [0.05, 0.1) is 24.3 Å². The van der Waals surface area contributed by atoms with Crippen molar-refractivity contribution in [3.05, 3.63) is 59.7 Å². The number of ether oxygens (including phenoxy) is 1. The molecule has 0 bridgehead atoms. The normalized spacial score (nSPS) is 16.0. The molecule has 1 aliphatic heterocycles. The summed E-state index contributed by atoms with van der Waals surface area (Å²) in [7, 11) is 1.27. The minimum Gasteiger partial charge on any atom is -0.465 e. The summed E-state index contributed by atoms with van der Waals surface area (Å²) in [5.74, 6) is -1.76. The fourth-order valence-electron chi connectivity index (χ4n) is 3.14. The van der Waals surface area contributed by atoms with E-state index < -0.39 is 11.9 Å². The first-order valence-electron chi connectivity index (χ1n) is 8.80. The number of ketones is 1. The molecule has 1 aliphatic rings. The molecular weight excluding hydrogens is 360 g/mol. The Morgan fingerprint density at radius 1 is 1.11 bits per heavy atom. The molecule has 1 heterocycles. The molecule has 3 rings (SSSR count). The Hall–Kier alpha value is -3.48. The van der Waals surface area contributed by atoms with Crippen molar-refractivity contribution in [2.75, 3.05) is 23.9 Å². The van der Waals surface area contributed by atoms with Crippen molar-refractivity contribution in [3.8, 4) is 0 Å². The Morgan fingerprint density at radius 3 is 2.57 bits per heavy atom. The quantitative estimate of drug-likeness (QED) is 0.636. The summed E-state index contributed by atoms with van der Waals surface area (Å²) < 4.78 is 4.73. The van der Waals surface area contributed by atoms with Crippen LogP contribution in [0, 0.1) is 5.92 Å². The van der Waals surface area contributed by atoms with Crippen LogP contribution in [-0.2, 0) is 14.3 Å². The smallest absolute Gasteiger partial charge is 0.339 e. The van der Waals surface area contributed by atoms with E-state index in [1.165, 1.54) is 18.9 Å². The van der Waals surface area contributed by atoms with Gasteiger partial charge < -0.3 is 15.0 Å². The van der Waals surface area contributed by atoms with E-state index in [0.717, 1.165) is 0 Å². The molecule has 2 aromatic carbocycles. The molecule has 0 spiro atoms. The second-order valence-electron chi connectivity index (χ2n) is 6.54. The number of nitrogens with one attached hydrogen (secondary N) is 1. The van der Waals surface area contributed by atoms with Gasteiger partial charge in [-0.2, -0.15) is 0 Å². The standard InChI is InChI=1S/C21H20N2O5/c1-13(24)14-6-5-7-16(10-14)23-12-15(11-19(23)25)20(26)22-18-9-4-3-8-17(18)21(27)28-2/h3-10,15H,11-12H2,1-2H3,(H,22,26). The minimum absolute atomic E-state index is 0.0521. The molecule has 144 valence electrons. The van der Waals surface area contributed by atoms with Gasteiger partial charge in [-0.05, 0) is 31.2 Å². The molecule has 0 saturated carbocycles. The first-order valence-corrected chi connectivity index (χ1v) is 8.80. The van der Waals surface area contributed by atoms with E-state index in [9.17, 15) is 19.2 Å². The third kappa shape index (κ3) is 3.93. The van der Waals surface area contributed by atoms with Gasteiger partial charge in [0.25, 0.3) is 0 Å². The molecule has 7 nitrogen and oxygen atoms in total. The van der Waals surface area contributed by atoms with Crippen LogP contribution < -0.4 is 10.2 Å². The number of rotatable bonds is 5. The van der Waals surface area contributed by atoms with Crippen LogP contribution in [0.5, 0.6) is 0 Å². The molecule has 1 saturated heterocycles. The zero-order valence-electron chi connectivity index (χ0n) is 15.6. The number of nitrogens with zero attached hydrogens (tertiary/aromatic N) is 1. The highest BCUT2D eigenvalue weighted by atomic mass is 16.5. The van der Waals surface area contributed by atoms with E-state index in [0.29, 0.717) is 16.9 Å². The molecular formula is C21H20N2O5. The van der Waals surface area contributed by atoms with Crippen molar-refractivity contribution in [1.29, 1.82) is 0 Å². The molecule has 1 fully saturated rings. The lowest BCUT2D eigenvalue weighted by atomic mass is 10.1. The summed E-state index contributed by atoms with van der Waals surface area (Å²) in [5.41, 5.74) is 1.67. The number of carbonyl (C=O) groups excluding carboxylic acids is 4. The maximum Gasteiger partial charge on any atom is 0.339 e. The number of methoxy groups -OCH3 is 1. The molecule has 0 radical (unpaired) electrons. The van der Waals surface area contributed by atoms with Crippen LogP contribution in [0.1, 0.15) is 34.1 Å². The second-order valence-corrected chi connectivity index (χ2v) is 6.54.